The maximum absolute atomic E-state index is 12.1. The third kappa shape index (κ3) is 9.45. The first kappa shape index (κ1) is 16.8. The lowest BCUT2D eigenvalue weighted by Crippen LogP contribution is -2.35. The van der Waals surface area contributed by atoms with Crippen molar-refractivity contribution in [3.63, 3.8) is 0 Å². The number of halogens is 3. The van der Waals surface area contributed by atoms with Gasteiger partial charge in [-0.25, -0.2) is 0 Å². The van der Waals surface area contributed by atoms with E-state index in [1.807, 2.05) is 0 Å². The Morgan fingerprint density at radius 3 is 2.18 bits per heavy atom. The molecule has 0 aliphatic rings. The minimum absolute atomic E-state index is 0.234. The summed E-state index contributed by atoms with van der Waals surface area (Å²) in [6.45, 7) is 7.21. The molecule has 0 aromatic rings. The van der Waals surface area contributed by atoms with Gasteiger partial charge < -0.3 is 5.32 Å². The summed E-state index contributed by atoms with van der Waals surface area (Å²) in [5.74, 6) is 0.458. The van der Waals surface area contributed by atoms with E-state index in [4.69, 9.17) is 0 Å². The fourth-order valence-electron chi connectivity index (χ4n) is 2.10. The first-order valence-electron chi connectivity index (χ1n) is 6.70. The second-order valence-electron chi connectivity index (χ2n) is 4.83. The molecule has 2 atom stereocenters. The summed E-state index contributed by atoms with van der Waals surface area (Å²) in [5, 5.41) is 3.37. The van der Waals surface area contributed by atoms with E-state index in [2.05, 4.69) is 26.1 Å². The summed E-state index contributed by atoms with van der Waals surface area (Å²) >= 11 is 0. The highest BCUT2D eigenvalue weighted by Crippen LogP contribution is 2.24. The zero-order chi connectivity index (χ0) is 13.3. The van der Waals surface area contributed by atoms with Gasteiger partial charge in [0.2, 0.25) is 0 Å². The average Bonchev–Trinajstić information content (AvgIpc) is 2.21. The lowest BCUT2D eigenvalue weighted by Gasteiger charge is -2.25. The fourth-order valence-corrected chi connectivity index (χ4v) is 2.10. The zero-order valence-electron chi connectivity index (χ0n) is 11.2. The van der Waals surface area contributed by atoms with Crippen LogP contribution < -0.4 is 5.32 Å². The van der Waals surface area contributed by atoms with Crippen LogP contribution in [0.2, 0.25) is 0 Å². The van der Waals surface area contributed by atoms with Gasteiger partial charge in [0.25, 0.3) is 0 Å². The minimum atomic E-state index is -4.01. The summed E-state index contributed by atoms with van der Waals surface area (Å²) in [6.07, 6.45) is -0.619. The van der Waals surface area contributed by atoms with Gasteiger partial charge in [-0.15, -0.1) is 0 Å². The highest BCUT2D eigenvalue weighted by atomic mass is 19.4. The van der Waals surface area contributed by atoms with Gasteiger partial charge in [-0.3, -0.25) is 0 Å². The van der Waals surface area contributed by atoms with E-state index >= 15 is 0 Å². The quantitative estimate of drug-likeness (QED) is 0.637. The molecule has 0 rings (SSSR count). The van der Waals surface area contributed by atoms with E-state index in [9.17, 15) is 13.2 Å². The van der Waals surface area contributed by atoms with Crippen LogP contribution in [0.4, 0.5) is 13.2 Å². The number of rotatable bonds is 9. The molecular formula is C13H26F3N. The van der Waals surface area contributed by atoms with Gasteiger partial charge in [-0.05, 0) is 38.1 Å². The van der Waals surface area contributed by atoms with Crippen LogP contribution in [-0.4, -0.2) is 18.8 Å². The molecule has 0 radical (unpaired) electrons. The van der Waals surface area contributed by atoms with Gasteiger partial charge in [0, 0.05) is 12.5 Å². The Morgan fingerprint density at radius 2 is 1.71 bits per heavy atom. The van der Waals surface area contributed by atoms with Crippen LogP contribution in [-0.2, 0) is 0 Å². The van der Waals surface area contributed by atoms with E-state index in [1.165, 1.54) is 0 Å². The van der Waals surface area contributed by atoms with Crippen molar-refractivity contribution in [2.75, 3.05) is 6.54 Å². The van der Waals surface area contributed by atoms with E-state index in [-0.39, 0.29) is 12.5 Å². The number of alkyl halides is 3. The van der Waals surface area contributed by atoms with Gasteiger partial charge in [0.1, 0.15) is 0 Å². The molecule has 17 heavy (non-hydrogen) atoms. The van der Waals surface area contributed by atoms with Gasteiger partial charge >= 0.3 is 6.18 Å². The smallest absolute Gasteiger partial charge is 0.314 e. The summed E-state index contributed by atoms with van der Waals surface area (Å²) in [4.78, 5) is 0. The van der Waals surface area contributed by atoms with Crippen molar-refractivity contribution in [3.05, 3.63) is 0 Å². The number of hydrogen-bond acceptors (Lipinski definition) is 1. The lowest BCUT2D eigenvalue weighted by atomic mass is 9.92. The summed E-state index contributed by atoms with van der Waals surface area (Å²) in [7, 11) is 0. The molecule has 0 aliphatic carbocycles. The molecule has 1 nitrogen and oxygen atoms in total. The molecule has 0 amide bonds. The molecule has 0 heterocycles. The summed E-state index contributed by atoms with van der Waals surface area (Å²) in [5.41, 5.74) is 0. The third-order valence-electron chi connectivity index (χ3n) is 3.06. The Kier molecular flexibility index (Phi) is 8.66. The summed E-state index contributed by atoms with van der Waals surface area (Å²) < 4.78 is 36.3. The molecule has 2 unspecified atom stereocenters. The van der Waals surface area contributed by atoms with Crippen molar-refractivity contribution in [3.8, 4) is 0 Å². The first-order chi connectivity index (χ1) is 7.90. The molecule has 1 N–H and O–H groups in total. The topological polar surface area (TPSA) is 12.0 Å². The van der Waals surface area contributed by atoms with E-state index in [1.54, 1.807) is 0 Å². The Labute approximate surface area is 103 Å². The molecule has 0 aromatic heterocycles. The molecule has 4 heteroatoms. The molecule has 0 saturated carbocycles. The lowest BCUT2D eigenvalue weighted by molar-refractivity contribution is -0.136. The van der Waals surface area contributed by atoms with Crippen LogP contribution in [0.1, 0.15) is 59.3 Å². The minimum Gasteiger partial charge on any atom is -0.314 e. The zero-order valence-corrected chi connectivity index (χ0v) is 11.2. The molecule has 0 aromatic carbocycles. The van der Waals surface area contributed by atoms with Crippen molar-refractivity contribution in [2.24, 2.45) is 5.92 Å². The predicted octanol–water partition coefficient (Wildman–Crippen LogP) is 4.52. The predicted molar refractivity (Wildman–Crippen MR) is 66.1 cm³/mol. The molecule has 0 bridgehead atoms. The van der Waals surface area contributed by atoms with Gasteiger partial charge in [0.15, 0.2) is 0 Å². The highest BCUT2D eigenvalue weighted by molar-refractivity contribution is 4.73. The van der Waals surface area contributed by atoms with Crippen molar-refractivity contribution in [1.29, 1.82) is 0 Å². The Bertz CT molecular complexity index is 180. The van der Waals surface area contributed by atoms with Crippen molar-refractivity contribution in [1.82, 2.24) is 5.32 Å². The van der Waals surface area contributed by atoms with Crippen LogP contribution in [0.15, 0.2) is 0 Å². The van der Waals surface area contributed by atoms with E-state index in [0.29, 0.717) is 12.3 Å². The molecule has 104 valence electrons. The molecule has 0 spiro atoms. The second kappa shape index (κ2) is 8.78. The van der Waals surface area contributed by atoms with Gasteiger partial charge in [0.05, 0.1) is 0 Å². The normalized spacial score (nSPS) is 15.9. The molecule has 0 saturated heterocycles. The average molecular weight is 253 g/mol. The third-order valence-corrected chi connectivity index (χ3v) is 3.06. The van der Waals surface area contributed by atoms with Crippen LogP contribution in [0, 0.1) is 5.92 Å². The highest BCUT2D eigenvalue weighted by Gasteiger charge is 2.27. The van der Waals surface area contributed by atoms with Crippen LogP contribution in [0.5, 0.6) is 0 Å². The SMILES string of the molecule is CCCNC(CCCC(F)(F)F)C(C)CCC. The van der Waals surface area contributed by atoms with Gasteiger partial charge in [-0.2, -0.15) is 13.2 Å². The second-order valence-corrected chi connectivity index (χ2v) is 4.83. The van der Waals surface area contributed by atoms with Gasteiger partial charge in [-0.1, -0.05) is 27.2 Å². The van der Waals surface area contributed by atoms with Crippen molar-refractivity contribution in [2.45, 2.75) is 71.5 Å². The largest absolute Gasteiger partial charge is 0.389 e. The van der Waals surface area contributed by atoms with Crippen molar-refractivity contribution < 1.29 is 13.2 Å². The Morgan fingerprint density at radius 1 is 1.06 bits per heavy atom. The monoisotopic (exact) mass is 253 g/mol. The molecular weight excluding hydrogens is 227 g/mol. The Hall–Kier alpha value is -0.250. The number of nitrogens with one attached hydrogen (secondary N) is 1. The van der Waals surface area contributed by atoms with Crippen LogP contribution >= 0.6 is 0 Å². The molecule has 0 fully saturated rings. The van der Waals surface area contributed by atoms with Crippen molar-refractivity contribution >= 4 is 0 Å². The number of hydrogen-bond donors (Lipinski definition) is 1. The fraction of sp³-hybridized carbons (Fsp3) is 1.00. The Balaban J connectivity index is 4.00. The van der Waals surface area contributed by atoms with E-state index in [0.717, 1.165) is 25.8 Å². The van der Waals surface area contributed by atoms with Crippen LogP contribution in [0.3, 0.4) is 0 Å². The summed E-state index contributed by atoms with van der Waals surface area (Å²) in [6, 6.07) is 0.234. The maximum atomic E-state index is 12.1. The standard InChI is InChI=1S/C13H26F3N/c1-4-7-11(3)12(17-10-5-2)8-6-9-13(14,15)16/h11-12,17H,4-10H2,1-3H3. The van der Waals surface area contributed by atoms with Crippen LogP contribution in [0.25, 0.3) is 0 Å². The van der Waals surface area contributed by atoms with E-state index < -0.39 is 12.6 Å². The molecule has 0 aliphatic heterocycles. The maximum Gasteiger partial charge on any atom is 0.389 e. The first-order valence-corrected chi connectivity index (χ1v) is 6.70.